The van der Waals surface area contributed by atoms with Gasteiger partial charge in [-0.25, -0.2) is 9.59 Å². The summed E-state index contributed by atoms with van der Waals surface area (Å²) in [6.45, 7) is 3.67. The van der Waals surface area contributed by atoms with Gasteiger partial charge in [0.25, 0.3) is 0 Å². The van der Waals surface area contributed by atoms with E-state index in [1.54, 1.807) is 24.3 Å². The fourth-order valence-corrected chi connectivity index (χ4v) is 3.89. The number of aryl methyl sites for hydroxylation is 1. The van der Waals surface area contributed by atoms with Gasteiger partial charge in [-0.2, -0.15) is 10.5 Å². The molecule has 0 saturated carbocycles. The Balaban J connectivity index is 2.14. The second-order valence-corrected chi connectivity index (χ2v) is 8.75. The van der Waals surface area contributed by atoms with Crippen LogP contribution in [0.1, 0.15) is 49.4 Å². The molecule has 0 spiro atoms. The maximum atomic E-state index is 12.6. The highest BCUT2D eigenvalue weighted by Crippen LogP contribution is 2.24. The van der Waals surface area contributed by atoms with Gasteiger partial charge < -0.3 is 25.4 Å². The Labute approximate surface area is 218 Å². The summed E-state index contributed by atoms with van der Waals surface area (Å²) in [6.07, 6.45) is 0.418. The number of halogens is 1. The smallest absolute Gasteiger partial charge is 0.407 e. The van der Waals surface area contributed by atoms with Crippen molar-refractivity contribution in [1.29, 1.82) is 10.5 Å². The van der Waals surface area contributed by atoms with Crippen molar-refractivity contribution in [1.82, 2.24) is 5.32 Å². The standard InChI is InChI=1S/C25H28IN5O4/c1-4-22(8-10-27)35-25(33)29-16(2)19-11-17(7-9-26)12-21(13-19)31-24(32)30-20-6-5-18(15-28)23(14-20)34-3/h5-6,11-14,16,22H,4,7-9H2,1-3H3,(H,29,33)(H2,30,31,32)/t16-,22+/m0/s1. The predicted octanol–water partition coefficient (Wildman–Crippen LogP) is 5.67. The first-order chi connectivity index (χ1) is 16.8. The summed E-state index contributed by atoms with van der Waals surface area (Å²) in [7, 11) is 1.46. The van der Waals surface area contributed by atoms with Gasteiger partial charge in [-0.05, 0) is 55.2 Å². The van der Waals surface area contributed by atoms with Crippen LogP contribution in [-0.2, 0) is 11.2 Å². The fourth-order valence-electron chi connectivity index (χ4n) is 3.27. The molecule has 0 radical (unpaired) electrons. The van der Waals surface area contributed by atoms with E-state index in [1.807, 2.05) is 38.1 Å². The lowest BCUT2D eigenvalue weighted by atomic mass is 10.0. The van der Waals surface area contributed by atoms with Crippen LogP contribution >= 0.6 is 22.6 Å². The van der Waals surface area contributed by atoms with Crippen LogP contribution < -0.4 is 20.7 Å². The molecule has 0 unspecified atom stereocenters. The summed E-state index contributed by atoms with van der Waals surface area (Å²) in [5, 5.41) is 26.3. The van der Waals surface area contributed by atoms with Gasteiger partial charge in [0.05, 0.1) is 31.2 Å². The molecule has 0 saturated heterocycles. The number of ether oxygens (including phenoxy) is 2. The number of urea groups is 1. The Kier molecular flexibility index (Phi) is 11.1. The van der Waals surface area contributed by atoms with E-state index in [4.69, 9.17) is 20.0 Å². The van der Waals surface area contributed by atoms with E-state index in [0.29, 0.717) is 29.1 Å². The number of nitrogens with one attached hydrogen (secondary N) is 3. The largest absolute Gasteiger partial charge is 0.495 e. The summed E-state index contributed by atoms with van der Waals surface area (Å²) in [5.74, 6) is 0.364. The van der Waals surface area contributed by atoms with Crippen LogP contribution in [-0.4, -0.2) is 29.8 Å². The minimum absolute atomic E-state index is 0.137. The Morgan fingerprint density at radius 1 is 1.11 bits per heavy atom. The second-order valence-electron chi connectivity index (χ2n) is 7.67. The van der Waals surface area contributed by atoms with Crippen molar-refractivity contribution in [2.45, 2.75) is 45.3 Å². The van der Waals surface area contributed by atoms with Crippen molar-refractivity contribution in [3.8, 4) is 17.9 Å². The summed E-state index contributed by atoms with van der Waals surface area (Å²) in [5.41, 5.74) is 3.21. The van der Waals surface area contributed by atoms with Gasteiger partial charge in [0.2, 0.25) is 0 Å². The molecule has 0 fully saturated rings. The van der Waals surface area contributed by atoms with Crippen molar-refractivity contribution in [3.05, 3.63) is 53.1 Å². The quantitative estimate of drug-likeness (QED) is 0.242. The molecule has 2 atom stereocenters. The zero-order valence-corrected chi connectivity index (χ0v) is 22.0. The van der Waals surface area contributed by atoms with Crippen molar-refractivity contribution >= 4 is 46.1 Å². The molecule has 3 N–H and O–H groups in total. The number of benzene rings is 2. The molecule has 0 bridgehead atoms. The average Bonchev–Trinajstić information content (AvgIpc) is 2.83. The highest BCUT2D eigenvalue weighted by atomic mass is 127. The third-order valence-corrected chi connectivity index (χ3v) is 5.66. The normalized spacial score (nSPS) is 11.8. The molecular weight excluding hydrogens is 561 g/mol. The van der Waals surface area contributed by atoms with E-state index in [0.717, 1.165) is 22.0 Å². The molecule has 184 valence electrons. The van der Waals surface area contributed by atoms with Crippen LogP contribution in [0.15, 0.2) is 36.4 Å². The third-order valence-electron chi connectivity index (χ3n) is 5.12. The molecule has 35 heavy (non-hydrogen) atoms. The lowest BCUT2D eigenvalue weighted by Crippen LogP contribution is -2.31. The Morgan fingerprint density at radius 2 is 1.86 bits per heavy atom. The van der Waals surface area contributed by atoms with Gasteiger partial charge in [0.15, 0.2) is 0 Å². The van der Waals surface area contributed by atoms with Gasteiger partial charge in [-0.15, -0.1) is 0 Å². The summed E-state index contributed by atoms with van der Waals surface area (Å²) < 4.78 is 11.4. The fraction of sp³-hybridized carbons (Fsp3) is 0.360. The highest BCUT2D eigenvalue weighted by molar-refractivity contribution is 14.1. The molecule has 0 aliphatic carbocycles. The van der Waals surface area contributed by atoms with Crippen LogP contribution in [0.4, 0.5) is 21.0 Å². The monoisotopic (exact) mass is 589 g/mol. The maximum absolute atomic E-state index is 12.6. The number of methoxy groups -OCH3 is 1. The number of anilines is 2. The molecule has 10 heteroatoms. The van der Waals surface area contributed by atoms with Crippen molar-refractivity contribution < 1.29 is 19.1 Å². The zero-order valence-electron chi connectivity index (χ0n) is 19.9. The Morgan fingerprint density at radius 3 is 2.49 bits per heavy atom. The Bertz CT molecular complexity index is 1130. The minimum atomic E-state index is -0.596. The number of alkyl halides is 1. The summed E-state index contributed by atoms with van der Waals surface area (Å²) in [4.78, 5) is 24.9. The van der Waals surface area contributed by atoms with Crippen LogP contribution in [0.3, 0.4) is 0 Å². The van der Waals surface area contributed by atoms with Gasteiger partial charge in [-0.3, -0.25) is 0 Å². The number of carbonyl (C=O) groups is 2. The van der Waals surface area contributed by atoms with Crippen molar-refractivity contribution in [2.24, 2.45) is 0 Å². The lowest BCUT2D eigenvalue weighted by molar-refractivity contribution is 0.0950. The van der Waals surface area contributed by atoms with Crippen LogP contribution in [0.25, 0.3) is 0 Å². The second kappa shape index (κ2) is 14.0. The number of hydrogen-bond acceptors (Lipinski definition) is 6. The van der Waals surface area contributed by atoms with Gasteiger partial charge in [0.1, 0.15) is 17.9 Å². The summed E-state index contributed by atoms with van der Waals surface area (Å²) >= 11 is 2.28. The minimum Gasteiger partial charge on any atom is -0.495 e. The molecule has 0 aromatic heterocycles. The summed E-state index contributed by atoms with van der Waals surface area (Å²) in [6, 6.07) is 13.6. The number of carbonyl (C=O) groups excluding carboxylic acids is 2. The first-order valence-corrected chi connectivity index (χ1v) is 12.6. The van der Waals surface area contributed by atoms with E-state index >= 15 is 0 Å². The Hall–Kier alpha value is -3.51. The highest BCUT2D eigenvalue weighted by Gasteiger charge is 2.17. The van der Waals surface area contributed by atoms with E-state index in [9.17, 15) is 9.59 Å². The number of alkyl carbamates (subject to hydrolysis) is 1. The average molecular weight is 589 g/mol. The molecule has 2 rings (SSSR count). The number of nitrogens with zero attached hydrogens (tertiary/aromatic N) is 2. The van der Waals surface area contributed by atoms with Gasteiger partial charge >= 0.3 is 12.1 Å². The van der Waals surface area contributed by atoms with Crippen LogP contribution in [0, 0.1) is 22.7 Å². The molecule has 2 aromatic carbocycles. The molecular formula is C25H28IN5O4. The number of hydrogen-bond donors (Lipinski definition) is 3. The van der Waals surface area contributed by atoms with E-state index < -0.39 is 18.2 Å². The van der Waals surface area contributed by atoms with Gasteiger partial charge in [0, 0.05) is 21.9 Å². The lowest BCUT2D eigenvalue weighted by Gasteiger charge is -2.19. The molecule has 9 nitrogen and oxygen atoms in total. The zero-order chi connectivity index (χ0) is 25.8. The number of rotatable bonds is 10. The third kappa shape index (κ3) is 8.65. The molecule has 0 aliphatic heterocycles. The van der Waals surface area contributed by atoms with E-state index in [-0.39, 0.29) is 12.5 Å². The van der Waals surface area contributed by atoms with Crippen molar-refractivity contribution in [3.63, 3.8) is 0 Å². The number of amides is 3. The molecule has 3 amide bonds. The first kappa shape index (κ1) is 27.7. The van der Waals surface area contributed by atoms with E-state index in [1.165, 1.54) is 7.11 Å². The predicted molar refractivity (Wildman–Crippen MR) is 142 cm³/mol. The van der Waals surface area contributed by atoms with E-state index in [2.05, 4.69) is 38.5 Å². The van der Waals surface area contributed by atoms with Crippen molar-refractivity contribution in [2.75, 3.05) is 22.2 Å². The topological polar surface area (TPSA) is 136 Å². The van der Waals surface area contributed by atoms with Crippen LogP contribution in [0.2, 0.25) is 0 Å². The first-order valence-electron chi connectivity index (χ1n) is 11.0. The number of nitriles is 2. The molecule has 0 heterocycles. The van der Waals surface area contributed by atoms with Gasteiger partial charge in [-0.1, -0.05) is 35.6 Å². The molecule has 2 aromatic rings. The maximum Gasteiger partial charge on any atom is 0.407 e. The van der Waals surface area contributed by atoms with Crippen LogP contribution in [0.5, 0.6) is 5.75 Å². The SMILES string of the molecule is CC[C@H](CC#N)OC(=O)N[C@@H](C)c1cc(CCI)cc(NC(=O)Nc2ccc(C#N)c(OC)c2)c1. The molecule has 0 aliphatic rings.